The lowest BCUT2D eigenvalue weighted by atomic mass is 10.1. The highest BCUT2D eigenvalue weighted by atomic mass is 16.5. The van der Waals surface area contributed by atoms with Gasteiger partial charge in [-0.1, -0.05) is 13.8 Å². The summed E-state index contributed by atoms with van der Waals surface area (Å²) in [6.45, 7) is 4.60. The Morgan fingerprint density at radius 3 is 2.65 bits per heavy atom. The summed E-state index contributed by atoms with van der Waals surface area (Å²) in [5, 5.41) is 2.74. The van der Waals surface area contributed by atoms with Gasteiger partial charge in [0.05, 0.1) is 5.56 Å². The molecule has 5 N–H and O–H groups in total. The Morgan fingerprint density at radius 1 is 1.35 bits per heavy atom. The lowest BCUT2D eigenvalue weighted by molar-refractivity contribution is -0.123. The van der Waals surface area contributed by atoms with Crippen molar-refractivity contribution in [3.63, 3.8) is 0 Å². The maximum Gasteiger partial charge on any atom is 0.257 e. The molecule has 0 heterocycles. The van der Waals surface area contributed by atoms with Gasteiger partial charge in [-0.25, -0.2) is 0 Å². The van der Waals surface area contributed by atoms with Crippen molar-refractivity contribution < 1.29 is 14.3 Å². The fraction of sp³-hybridized carbons (Fsp3) is 0.429. The summed E-state index contributed by atoms with van der Waals surface area (Å²) in [6, 6.07) is 4.53. The largest absolute Gasteiger partial charge is 0.483 e. The van der Waals surface area contributed by atoms with Gasteiger partial charge in [-0.05, 0) is 30.5 Å². The maximum absolute atomic E-state index is 11.6. The van der Waals surface area contributed by atoms with Crippen LogP contribution in [0.25, 0.3) is 0 Å². The summed E-state index contributed by atoms with van der Waals surface area (Å²) in [5.74, 6) is -0.106. The van der Waals surface area contributed by atoms with Crippen LogP contribution < -0.4 is 21.5 Å². The van der Waals surface area contributed by atoms with E-state index in [-0.39, 0.29) is 23.8 Å². The molecule has 6 nitrogen and oxygen atoms in total. The van der Waals surface area contributed by atoms with Crippen LogP contribution in [-0.4, -0.2) is 25.0 Å². The van der Waals surface area contributed by atoms with Crippen molar-refractivity contribution in [1.82, 2.24) is 5.32 Å². The number of amides is 2. The first-order valence-corrected chi connectivity index (χ1v) is 6.49. The number of nitrogens with one attached hydrogen (secondary N) is 1. The van der Waals surface area contributed by atoms with Crippen LogP contribution in [0.15, 0.2) is 18.2 Å². The van der Waals surface area contributed by atoms with Gasteiger partial charge in [0, 0.05) is 12.2 Å². The van der Waals surface area contributed by atoms with Crippen LogP contribution in [0.1, 0.15) is 30.6 Å². The summed E-state index contributed by atoms with van der Waals surface area (Å²) in [7, 11) is 0. The van der Waals surface area contributed by atoms with Crippen LogP contribution in [0.5, 0.6) is 5.75 Å². The van der Waals surface area contributed by atoms with Gasteiger partial charge in [-0.15, -0.1) is 0 Å². The second-order valence-electron chi connectivity index (χ2n) is 4.94. The van der Waals surface area contributed by atoms with Gasteiger partial charge in [-0.3, -0.25) is 9.59 Å². The van der Waals surface area contributed by atoms with Crippen LogP contribution in [0.4, 0.5) is 5.69 Å². The number of carbonyl (C=O) groups excluding carboxylic acids is 2. The number of nitrogens with two attached hydrogens (primary N) is 2. The van der Waals surface area contributed by atoms with Crippen molar-refractivity contribution >= 4 is 17.5 Å². The van der Waals surface area contributed by atoms with Crippen molar-refractivity contribution in [2.75, 3.05) is 18.9 Å². The molecule has 110 valence electrons. The molecule has 0 radical (unpaired) electrons. The SMILES string of the molecule is CC(C)CCNC(=O)COc1ccc(N)cc1C(N)=O. The van der Waals surface area contributed by atoms with Crippen molar-refractivity contribution in [3.8, 4) is 5.75 Å². The van der Waals surface area contributed by atoms with E-state index in [0.717, 1.165) is 6.42 Å². The van der Waals surface area contributed by atoms with E-state index >= 15 is 0 Å². The van der Waals surface area contributed by atoms with E-state index in [2.05, 4.69) is 19.2 Å². The predicted octanol–water partition coefficient (Wildman–Crippen LogP) is 0.909. The standard InChI is InChI=1S/C14H21N3O3/c1-9(2)5-6-17-13(18)8-20-12-4-3-10(15)7-11(12)14(16)19/h3-4,7,9H,5-6,8,15H2,1-2H3,(H2,16,19)(H,17,18). The molecule has 0 atom stereocenters. The van der Waals surface area contributed by atoms with Crippen LogP contribution in [0.2, 0.25) is 0 Å². The van der Waals surface area contributed by atoms with Gasteiger partial charge in [0.15, 0.2) is 6.61 Å². The van der Waals surface area contributed by atoms with E-state index in [0.29, 0.717) is 18.2 Å². The lowest BCUT2D eigenvalue weighted by Crippen LogP contribution is -2.30. The highest BCUT2D eigenvalue weighted by molar-refractivity contribution is 5.96. The lowest BCUT2D eigenvalue weighted by Gasteiger charge is -2.11. The fourth-order valence-electron chi connectivity index (χ4n) is 1.56. The molecule has 0 unspecified atom stereocenters. The first-order chi connectivity index (χ1) is 9.40. The van der Waals surface area contributed by atoms with E-state index in [9.17, 15) is 9.59 Å². The molecule has 0 spiro atoms. The Labute approximate surface area is 118 Å². The minimum atomic E-state index is -0.646. The minimum absolute atomic E-state index is 0.164. The smallest absolute Gasteiger partial charge is 0.257 e. The van der Waals surface area contributed by atoms with Gasteiger partial charge < -0.3 is 21.5 Å². The topological polar surface area (TPSA) is 107 Å². The molecular weight excluding hydrogens is 258 g/mol. The van der Waals surface area contributed by atoms with Crippen LogP contribution >= 0.6 is 0 Å². The van der Waals surface area contributed by atoms with E-state index in [1.54, 1.807) is 6.07 Å². The number of ether oxygens (including phenoxy) is 1. The van der Waals surface area contributed by atoms with Gasteiger partial charge >= 0.3 is 0 Å². The quantitative estimate of drug-likeness (QED) is 0.645. The molecule has 1 rings (SSSR count). The Morgan fingerprint density at radius 2 is 2.05 bits per heavy atom. The maximum atomic E-state index is 11.6. The summed E-state index contributed by atoms with van der Waals surface area (Å²) >= 11 is 0. The molecule has 0 aliphatic heterocycles. The molecule has 1 aromatic rings. The molecule has 0 aliphatic rings. The number of benzene rings is 1. The van der Waals surface area contributed by atoms with Crippen molar-refractivity contribution in [1.29, 1.82) is 0 Å². The van der Waals surface area contributed by atoms with Crippen molar-refractivity contribution in [3.05, 3.63) is 23.8 Å². The van der Waals surface area contributed by atoms with Gasteiger partial charge in [0.25, 0.3) is 11.8 Å². The molecule has 0 fully saturated rings. The van der Waals surface area contributed by atoms with Gasteiger partial charge in [-0.2, -0.15) is 0 Å². The molecule has 20 heavy (non-hydrogen) atoms. The van der Waals surface area contributed by atoms with E-state index < -0.39 is 5.91 Å². The van der Waals surface area contributed by atoms with E-state index in [1.165, 1.54) is 12.1 Å². The summed E-state index contributed by atoms with van der Waals surface area (Å²) < 4.78 is 5.30. The second-order valence-corrected chi connectivity index (χ2v) is 4.94. The molecule has 6 heteroatoms. The average Bonchev–Trinajstić information content (AvgIpc) is 2.36. The Hall–Kier alpha value is -2.24. The number of carbonyl (C=O) groups is 2. The zero-order valence-electron chi connectivity index (χ0n) is 11.8. The van der Waals surface area contributed by atoms with E-state index in [4.69, 9.17) is 16.2 Å². The minimum Gasteiger partial charge on any atom is -0.483 e. The Bertz CT molecular complexity index is 487. The predicted molar refractivity (Wildman–Crippen MR) is 77.3 cm³/mol. The van der Waals surface area contributed by atoms with Crippen molar-refractivity contribution in [2.24, 2.45) is 11.7 Å². The number of hydrogen-bond acceptors (Lipinski definition) is 4. The summed E-state index contributed by atoms with van der Waals surface area (Å²) in [4.78, 5) is 22.8. The number of nitrogen functional groups attached to an aromatic ring is 1. The van der Waals surface area contributed by atoms with E-state index in [1.807, 2.05) is 0 Å². The van der Waals surface area contributed by atoms with Crippen LogP contribution in [0, 0.1) is 5.92 Å². The average molecular weight is 279 g/mol. The Kier molecular flexibility index (Phi) is 5.83. The highest BCUT2D eigenvalue weighted by Crippen LogP contribution is 2.20. The number of anilines is 1. The number of rotatable bonds is 7. The number of hydrogen-bond donors (Lipinski definition) is 3. The molecular formula is C14H21N3O3. The molecule has 0 saturated carbocycles. The molecule has 1 aromatic carbocycles. The first kappa shape index (κ1) is 15.8. The third-order valence-electron chi connectivity index (χ3n) is 2.67. The molecule has 0 saturated heterocycles. The monoisotopic (exact) mass is 279 g/mol. The highest BCUT2D eigenvalue weighted by Gasteiger charge is 2.11. The zero-order valence-corrected chi connectivity index (χ0v) is 11.8. The molecule has 0 aliphatic carbocycles. The molecule has 0 bridgehead atoms. The number of primary amides is 1. The fourth-order valence-corrected chi connectivity index (χ4v) is 1.56. The third kappa shape index (κ3) is 5.17. The first-order valence-electron chi connectivity index (χ1n) is 6.49. The van der Waals surface area contributed by atoms with Gasteiger partial charge in [0.2, 0.25) is 0 Å². The third-order valence-corrected chi connectivity index (χ3v) is 2.67. The Balaban J connectivity index is 2.53. The van der Waals surface area contributed by atoms with Crippen LogP contribution in [0.3, 0.4) is 0 Å². The molecule has 2 amide bonds. The second kappa shape index (κ2) is 7.37. The van der Waals surface area contributed by atoms with Crippen molar-refractivity contribution in [2.45, 2.75) is 20.3 Å². The zero-order chi connectivity index (χ0) is 15.1. The normalized spacial score (nSPS) is 10.3. The van der Waals surface area contributed by atoms with Gasteiger partial charge in [0.1, 0.15) is 5.75 Å². The summed E-state index contributed by atoms with van der Waals surface area (Å²) in [6.07, 6.45) is 0.903. The summed E-state index contributed by atoms with van der Waals surface area (Å²) in [5.41, 5.74) is 11.4. The molecule has 0 aromatic heterocycles. The van der Waals surface area contributed by atoms with Crippen LogP contribution in [-0.2, 0) is 4.79 Å².